The molecule has 2 aliphatic rings. The summed E-state index contributed by atoms with van der Waals surface area (Å²) in [5, 5.41) is 17.9. The smallest absolute Gasteiger partial charge is 0.335 e. The number of carboxylic acids is 1. The third kappa shape index (κ3) is 1.97. The van der Waals surface area contributed by atoms with Crippen LogP contribution in [0.3, 0.4) is 0 Å². The van der Waals surface area contributed by atoms with Crippen LogP contribution in [0.2, 0.25) is 0 Å². The van der Waals surface area contributed by atoms with Crippen LogP contribution in [0.5, 0.6) is 0 Å². The van der Waals surface area contributed by atoms with Crippen LogP contribution in [-0.2, 0) is 23.7 Å². The van der Waals surface area contributed by atoms with Crippen molar-refractivity contribution in [1.82, 2.24) is 0 Å². The van der Waals surface area contributed by atoms with E-state index in [-0.39, 0.29) is 20.2 Å². The number of hydrogen-bond acceptors (Lipinski definition) is 6. The Bertz CT molecular complexity index is 243. The first kappa shape index (κ1) is 10.8. The highest BCUT2D eigenvalue weighted by Crippen LogP contribution is 2.25. The summed E-state index contributed by atoms with van der Waals surface area (Å²) in [5.41, 5.74) is 0. The maximum atomic E-state index is 10.8. The Hall–Kier alpha value is -0.730. The summed E-state index contributed by atoms with van der Waals surface area (Å²) in [6.45, 7) is -0.443. The van der Waals surface area contributed by atoms with E-state index in [1.54, 1.807) is 0 Å². The predicted octanol–water partition coefficient (Wildman–Crippen LogP) is -1.45. The van der Waals surface area contributed by atoms with E-state index < -0.39 is 30.4 Å². The van der Waals surface area contributed by atoms with E-state index in [4.69, 9.17) is 29.2 Å². The number of ether oxygens (including phenoxy) is 4. The van der Waals surface area contributed by atoms with Crippen LogP contribution in [-0.4, -0.2) is 60.8 Å². The molecule has 0 unspecified atom stereocenters. The van der Waals surface area contributed by atoms with Crippen molar-refractivity contribution < 1.29 is 34.0 Å². The fourth-order valence-electron chi connectivity index (χ4n) is 1.72. The van der Waals surface area contributed by atoms with Gasteiger partial charge in [-0.3, -0.25) is 0 Å². The SMILES string of the molecule is O=C(O)[C@@H]1OCO[C@H]2[C@H]1OCO[C@H]2CO. The van der Waals surface area contributed by atoms with Crippen LogP contribution in [0.4, 0.5) is 0 Å². The summed E-state index contributed by atoms with van der Waals surface area (Å²) in [6.07, 6.45) is -2.96. The average molecular weight is 220 g/mol. The molecule has 7 nitrogen and oxygen atoms in total. The molecule has 2 N–H and O–H groups in total. The van der Waals surface area contributed by atoms with Gasteiger partial charge in [-0.1, -0.05) is 0 Å². The largest absolute Gasteiger partial charge is 0.479 e. The molecule has 2 fully saturated rings. The maximum Gasteiger partial charge on any atom is 0.335 e. The molecule has 0 aromatic carbocycles. The lowest BCUT2D eigenvalue weighted by atomic mass is 10.0. The van der Waals surface area contributed by atoms with E-state index in [0.29, 0.717) is 0 Å². The molecule has 2 rings (SSSR count). The van der Waals surface area contributed by atoms with Crippen molar-refractivity contribution in [2.75, 3.05) is 20.2 Å². The summed E-state index contributed by atoms with van der Waals surface area (Å²) < 4.78 is 20.3. The number of fused-ring (bicyclic) bond motifs is 1. The number of aliphatic hydroxyl groups is 1. The molecule has 2 heterocycles. The Balaban J connectivity index is 2.11. The maximum absolute atomic E-state index is 10.8. The predicted molar refractivity (Wildman–Crippen MR) is 43.9 cm³/mol. The summed E-state index contributed by atoms with van der Waals surface area (Å²) in [5.74, 6) is -1.10. The lowest BCUT2D eigenvalue weighted by Crippen LogP contribution is -2.59. The molecule has 86 valence electrons. The van der Waals surface area contributed by atoms with Crippen LogP contribution >= 0.6 is 0 Å². The molecule has 0 saturated carbocycles. The molecular formula is C8H12O7. The van der Waals surface area contributed by atoms with Crippen molar-refractivity contribution >= 4 is 5.97 Å². The highest BCUT2D eigenvalue weighted by molar-refractivity contribution is 5.73. The zero-order valence-electron chi connectivity index (χ0n) is 7.87. The minimum Gasteiger partial charge on any atom is -0.479 e. The summed E-state index contributed by atoms with van der Waals surface area (Å²) in [7, 11) is 0. The minimum absolute atomic E-state index is 0.0666. The van der Waals surface area contributed by atoms with Crippen molar-refractivity contribution in [1.29, 1.82) is 0 Å². The second kappa shape index (κ2) is 4.42. The Morgan fingerprint density at radius 3 is 2.47 bits per heavy atom. The topological polar surface area (TPSA) is 94.5 Å². The number of carboxylic acid groups (broad SMARTS) is 1. The molecule has 0 aromatic rings. The lowest BCUT2D eigenvalue weighted by Gasteiger charge is -2.42. The van der Waals surface area contributed by atoms with Crippen molar-refractivity contribution in [3.8, 4) is 0 Å². The quantitative estimate of drug-likeness (QED) is 0.587. The van der Waals surface area contributed by atoms with E-state index in [9.17, 15) is 4.79 Å². The Labute approximate surface area is 85.5 Å². The fourth-order valence-corrected chi connectivity index (χ4v) is 1.72. The van der Waals surface area contributed by atoms with Gasteiger partial charge in [0, 0.05) is 0 Å². The van der Waals surface area contributed by atoms with Gasteiger partial charge in [0.05, 0.1) is 6.61 Å². The highest BCUT2D eigenvalue weighted by atomic mass is 16.8. The number of aliphatic hydroxyl groups excluding tert-OH is 1. The van der Waals surface area contributed by atoms with Crippen molar-refractivity contribution in [3.63, 3.8) is 0 Å². The molecule has 15 heavy (non-hydrogen) atoms. The van der Waals surface area contributed by atoms with Crippen LogP contribution < -0.4 is 0 Å². The molecule has 4 atom stereocenters. The first-order valence-corrected chi connectivity index (χ1v) is 4.54. The molecule has 0 bridgehead atoms. The molecule has 2 aliphatic heterocycles. The first-order chi connectivity index (χ1) is 7.24. The monoisotopic (exact) mass is 220 g/mol. The molecule has 0 spiro atoms. The molecule has 0 radical (unpaired) electrons. The Morgan fingerprint density at radius 1 is 1.13 bits per heavy atom. The molecule has 0 aromatic heterocycles. The summed E-state index contributed by atoms with van der Waals surface area (Å²) in [4.78, 5) is 10.8. The number of hydrogen-bond donors (Lipinski definition) is 2. The zero-order valence-corrected chi connectivity index (χ0v) is 7.87. The van der Waals surface area contributed by atoms with Crippen molar-refractivity contribution in [3.05, 3.63) is 0 Å². The second-order valence-electron chi connectivity index (χ2n) is 3.31. The fraction of sp³-hybridized carbons (Fsp3) is 0.875. The standard InChI is InChI=1S/C8H12O7/c9-1-4-5-6(14-2-12-4)7(8(10)11)15-3-13-5/h4-7,9H,1-3H2,(H,10,11)/t4-,5+,6+,7+/m0/s1. The van der Waals surface area contributed by atoms with Gasteiger partial charge < -0.3 is 29.2 Å². The zero-order chi connectivity index (χ0) is 10.8. The Morgan fingerprint density at radius 2 is 1.80 bits per heavy atom. The normalized spacial score (nSPS) is 40.9. The third-order valence-electron chi connectivity index (χ3n) is 2.46. The number of rotatable bonds is 2. The third-order valence-corrected chi connectivity index (χ3v) is 2.46. The highest BCUT2D eigenvalue weighted by Gasteiger charge is 2.46. The van der Waals surface area contributed by atoms with Gasteiger partial charge in [-0.25, -0.2) is 4.79 Å². The van der Waals surface area contributed by atoms with E-state index >= 15 is 0 Å². The van der Waals surface area contributed by atoms with Gasteiger partial charge in [0.25, 0.3) is 0 Å². The molecular weight excluding hydrogens is 208 g/mol. The molecule has 2 saturated heterocycles. The van der Waals surface area contributed by atoms with Gasteiger partial charge in [-0.2, -0.15) is 0 Å². The molecule has 7 heteroatoms. The minimum atomic E-state index is -1.10. The van der Waals surface area contributed by atoms with Gasteiger partial charge in [0.15, 0.2) is 6.10 Å². The molecule has 0 aliphatic carbocycles. The van der Waals surface area contributed by atoms with Gasteiger partial charge >= 0.3 is 5.97 Å². The Kier molecular flexibility index (Phi) is 3.17. The summed E-state index contributed by atoms with van der Waals surface area (Å²) in [6, 6.07) is 0. The van der Waals surface area contributed by atoms with E-state index in [1.165, 1.54) is 0 Å². The van der Waals surface area contributed by atoms with Crippen molar-refractivity contribution in [2.24, 2.45) is 0 Å². The van der Waals surface area contributed by atoms with Crippen LogP contribution in [0.15, 0.2) is 0 Å². The van der Waals surface area contributed by atoms with E-state index in [0.717, 1.165) is 0 Å². The summed E-state index contributed by atoms with van der Waals surface area (Å²) >= 11 is 0. The van der Waals surface area contributed by atoms with Crippen LogP contribution in [0.25, 0.3) is 0 Å². The van der Waals surface area contributed by atoms with Gasteiger partial charge in [0.1, 0.15) is 31.9 Å². The van der Waals surface area contributed by atoms with Gasteiger partial charge in [0.2, 0.25) is 0 Å². The van der Waals surface area contributed by atoms with E-state index in [1.807, 2.05) is 0 Å². The second-order valence-corrected chi connectivity index (χ2v) is 3.31. The van der Waals surface area contributed by atoms with E-state index in [2.05, 4.69) is 0 Å². The van der Waals surface area contributed by atoms with Gasteiger partial charge in [-0.15, -0.1) is 0 Å². The van der Waals surface area contributed by atoms with Crippen molar-refractivity contribution in [2.45, 2.75) is 24.4 Å². The number of carbonyl (C=O) groups is 1. The number of aliphatic carboxylic acids is 1. The lowest BCUT2D eigenvalue weighted by molar-refractivity contribution is -0.322. The molecule has 0 amide bonds. The van der Waals surface area contributed by atoms with Crippen LogP contribution in [0.1, 0.15) is 0 Å². The van der Waals surface area contributed by atoms with Gasteiger partial charge in [-0.05, 0) is 0 Å². The van der Waals surface area contributed by atoms with Crippen LogP contribution in [0, 0.1) is 0 Å². The first-order valence-electron chi connectivity index (χ1n) is 4.54. The average Bonchev–Trinajstić information content (AvgIpc) is 2.27.